The van der Waals surface area contributed by atoms with E-state index in [0.717, 1.165) is 17.8 Å². The van der Waals surface area contributed by atoms with E-state index in [-0.39, 0.29) is 18.1 Å². The third-order valence-corrected chi connectivity index (χ3v) is 4.57. The largest absolute Gasteiger partial charge is 0.381 e. The van der Waals surface area contributed by atoms with Crippen molar-refractivity contribution in [2.45, 2.75) is 19.3 Å². The number of aromatic nitrogens is 3. The van der Waals surface area contributed by atoms with Crippen molar-refractivity contribution in [1.29, 1.82) is 0 Å². The number of hydrogen-bond donors (Lipinski definition) is 0. The summed E-state index contributed by atoms with van der Waals surface area (Å²) in [6.07, 6.45) is 2.21. The van der Waals surface area contributed by atoms with Crippen molar-refractivity contribution in [2.24, 2.45) is 5.92 Å². The van der Waals surface area contributed by atoms with Gasteiger partial charge in [-0.15, -0.1) is 5.10 Å². The molecule has 0 spiro atoms. The molecular formula is C18H22N4O4. The fourth-order valence-corrected chi connectivity index (χ4v) is 3.19. The lowest BCUT2D eigenvalue weighted by atomic mass is 10.1. The summed E-state index contributed by atoms with van der Waals surface area (Å²) in [4.78, 5) is 14.6. The molecule has 2 aliphatic rings. The standard InChI is InChI=1S/C18H22N4O4/c23-18(14-6-7-24-13-14)21(12-17-25-8-9-26-17)10-15-11-22(20-19-15)16-4-2-1-3-5-16/h1-5,11,14,17H,6-10,12-13H2. The van der Waals surface area contributed by atoms with Crippen LogP contribution in [0.5, 0.6) is 0 Å². The van der Waals surface area contributed by atoms with E-state index in [1.807, 2.05) is 36.5 Å². The smallest absolute Gasteiger partial charge is 0.228 e. The average Bonchev–Trinajstić information content (AvgIpc) is 3.44. The summed E-state index contributed by atoms with van der Waals surface area (Å²) in [5.41, 5.74) is 1.65. The van der Waals surface area contributed by atoms with Crippen LogP contribution in [0, 0.1) is 5.92 Å². The minimum atomic E-state index is -0.384. The highest BCUT2D eigenvalue weighted by molar-refractivity contribution is 5.79. The fourth-order valence-electron chi connectivity index (χ4n) is 3.19. The third kappa shape index (κ3) is 3.92. The molecule has 0 radical (unpaired) electrons. The summed E-state index contributed by atoms with van der Waals surface area (Å²) >= 11 is 0. The van der Waals surface area contributed by atoms with Crippen molar-refractivity contribution >= 4 is 5.91 Å². The second-order valence-corrected chi connectivity index (χ2v) is 6.44. The van der Waals surface area contributed by atoms with E-state index in [4.69, 9.17) is 14.2 Å². The second kappa shape index (κ2) is 7.94. The topological polar surface area (TPSA) is 78.7 Å². The third-order valence-electron chi connectivity index (χ3n) is 4.57. The molecule has 2 aromatic rings. The number of carbonyl (C=O) groups excluding carboxylic acids is 1. The van der Waals surface area contributed by atoms with Gasteiger partial charge in [0.1, 0.15) is 5.69 Å². The number of nitrogens with zero attached hydrogens (tertiary/aromatic N) is 4. The van der Waals surface area contributed by atoms with E-state index >= 15 is 0 Å². The summed E-state index contributed by atoms with van der Waals surface area (Å²) in [7, 11) is 0. The van der Waals surface area contributed by atoms with Crippen LogP contribution in [-0.2, 0) is 25.5 Å². The van der Waals surface area contributed by atoms with Crippen LogP contribution in [0.3, 0.4) is 0 Å². The molecular weight excluding hydrogens is 336 g/mol. The first kappa shape index (κ1) is 17.1. The Bertz CT molecular complexity index is 724. The maximum Gasteiger partial charge on any atom is 0.228 e. The molecule has 3 heterocycles. The first-order valence-corrected chi connectivity index (χ1v) is 8.86. The fraction of sp³-hybridized carbons (Fsp3) is 0.500. The monoisotopic (exact) mass is 358 g/mol. The van der Waals surface area contributed by atoms with Gasteiger partial charge >= 0.3 is 0 Å². The van der Waals surface area contributed by atoms with E-state index in [1.165, 1.54) is 0 Å². The summed E-state index contributed by atoms with van der Waals surface area (Å²) in [5.74, 6) is -0.0589. The van der Waals surface area contributed by atoms with E-state index in [0.29, 0.717) is 39.5 Å². The van der Waals surface area contributed by atoms with Gasteiger partial charge in [-0.25, -0.2) is 4.68 Å². The van der Waals surface area contributed by atoms with Crippen LogP contribution in [-0.4, -0.2) is 65.1 Å². The minimum absolute atomic E-state index is 0.0517. The Hall–Kier alpha value is -2.29. The van der Waals surface area contributed by atoms with Gasteiger partial charge in [0.05, 0.1) is 50.7 Å². The molecule has 1 aromatic heterocycles. The van der Waals surface area contributed by atoms with Gasteiger partial charge in [0.25, 0.3) is 0 Å². The molecule has 0 saturated carbocycles. The van der Waals surface area contributed by atoms with Gasteiger partial charge in [-0.3, -0.25) is 4.79 Å². The van der Waals surface area contributed by atoms with Crippen molar-refractivity contribution in [3.63, 3.8) is 0 Å². The van der Waals surface area contributed by atoms with Gasteiger partial charge < -0.3 is 19.1 Å². The van der Waals surface area contributed by atoms with Crippen LogP contribution in [0.15, 0.2) is 36.5 Å². The van der Waals surface area contributed by atoms with Gasteiger partial charge in [0.15, 0.2) is 6.29 Å². The molecule has 0 aliphatic carbocycles. The molecule has 26 heavy (non-hydrogen) atoms. The lowest BCUT2D eigenvalue weighted by Gasteiger charge is -2.26. The van der Waals surface area contributed by atoms with Crippen molar-refractivity contribution in [3.8, 4) is 5.69 Å². The van der Waals surface area contributed by atoms with Gasteiger partial charge in [-0.2, -0.15) is 0 Å². The number of ether oxygens (including phenoxy) is 3. The summed E-state index contributed by atoms with van der Waals surface area (Å²) in [6.45, 7) is 2.97. The Morgan fingerprint density at radius 2 is 2.00 bits per heavy atom. The molecule has 1 atom stereocenters. The number of para-hydroxylation sites is 1. The first-order chi connectivity index (χ1) is 12.8. The molecule has 8 nitrogen and oxygen atoms in total. The lowest BCUT2D eigenvalue weighted by Crippen LogP contribution is -2.41. The zero-order valence-corrected chi connectivity index (χ0v) is 14.5. The molecule has 1 unspecified atom stereocenters. The predicted octanol–water partition coefficient (Wildman–Crippen LogP) is 1.01. The molecule has 2 aliphatic heterocycles. The van der Waals surface area contributed by atoms with Crippen LogP contribution < -0.4 is 0 Å². The van der Waals surface area contributed by atoms with E-state index in [2.05, 4.69) is 10.3 Å². The Morgan fingerprint density at radius 1 is 1.19 bits per heavy atom. The van der Waals surface area contributed by atoms with Crippen LogP contribution in [0.25, 0.3) is 5.69 Å². The highest BCUT2D eigenvalue weighted by Crippen LogP contribution is 2.19. The summed E-state index contributed by atoms with van der Waals surface area (Å²) in [5, 5.41) is 8.39. The Labute approximate surface area is 151 Å². The molecule has 4 rings (SSSR count). The molecule has 2 saturated heterocycles. The zero-order valence-electron chi connectivity index (χ0n) is 14.5. The highest BCUT2D eigenvalue weighted by atomic mass is 16.7. The van der Waals surface area contributed by atoms with Crippen LogP contribution in [0.2, 0.25) is 0 Å². The molecule has 1 aromatic carbocycles. The number of carbonyl (C=O) groups is 1. The van der Waals surface area contributed by atoms with Gasteiger partial charge in [-0.1, -0.05) is 23.4 Å². The van der Waals surface area contributed by atoms with E-state index in [9.17, 15) is 4.79 Å². The number of rotatable bonds is 6. The number of amides is 1. The van der Waals surface area contributed by atoms with Crippen molar-refractivity contribution in [1.82, 2.24) is 19.9 Å². The summed E-state index contributed by atoms with van der Waals surface area (Å²) < 4.78 is 18.1. The van der Waals surface area contributed by atoms with Gasteiger partial charge in [-0.05, 0) is 18.6 Å². The van der Waals surface area contributed by atoms with E-state index < -0.39 is 0 Å². The van der Waals surface area contributed by atoms with Crippen molar-refractivity contribution < 1.29 is 19.0 Å². The molecule has 0 N–H and O–H groups in total. The predicted molar refractivity (Wildman–Crippen MR) is 91.4 cm³/mol. The quantitative estimate of drug-likeness (QED) is 0.767. The van der Waals surface area contributed by atoms with Crippen molar-refractivity contribution in [2.75, 3.05) is 33.0 Å². The molecule has 2 fully saturated rings. The van der Waals surface area contributed by atoms with Gasteiger partial charge in [0, 0.05) is 6.61 Å². The molecule has 8 heteroatoms. The Kier molecular flexibility index (Phi) is 5.24. The summed E-state index contributed by atoms with van der Waals surface area (Å²) in [6, 6.07) is 9.75. The lowest BCUT2D eigenvalue weighted by molar-refractivity contribution is -0.142. The SMILES string of the molecule is O=C(C1CCOC1)N(Cc1cn(-c2ccccc2)nn1)CC1OCCO1. The maximum absolute atomic E-state index is 12.9. The first-order valence-electron chi connectivity index (χ1n) is 8.86. The van der Waals surface area contributed by atoms with E-state index in [1.54, 1.807) is 9.58 Å². The van der Waals surface area contributed by atoms with Crippen LogP contribution >= 0.6 is 0 Å². The highest BCUT2D eigenvalue weighted by Gasteiger charge is 2.31. The van der Waals surface area contributed by atoms with Crippen molar-refractivity contribution in [3.05, 3.63) is 42.2 Å². The zero-order chi connectivity index (χ0) is 17.8. The minimum Gasteiger partial charge on any atom is -0.381 e. The molecule has 1 amide bonds. The number of benzene rings is 1. The Balaban J connectivity index is 1.48. The van der Waals surface area contributed by atoms with Gasteiger partial charge in [0.2, 0.25) is 5.91 Å². The molecule has 0 bridgehead atoms. The van der Waals surface area contributed by atoms with Crippen LogP contribution in [0.1, 0.15) is 12.1 Å². The number of hydrogen-bond acceptors (Lipinski definition) is 6. The normalized spacial score (nSPS) is 20.5. The van der Waals surface area contributed by atoms with Crippen LogP contribution in [0.4, 0.5) is 0 Å². The Morgan fingerprint density at radius 3 is 2.73 bits per heavy atom. The maximum atomic E-state index is 12.9. The average molecular weight is 358 g/mol. The second-order valence-electron chi connectivity index (χ2n) is 6.44. The molecule has 138 valence electrons.